The van der Waals surface area contributed by atoms with Crippen LogP contribution in [0.25, 0.3) is 0 Å². The molecule has 0 saturated carbocycles. The molecule has 91 heavy (non-hydrogen) atoms. The smallest absolute Gasteiger partial charge is 0.361 e. The van der Waals surface area contributed by atoms with Gasteiger partial charge in [0.1, 0.15) is 13.2 Å². The number of unbranched alkanes of at least 4 members (excludes halogenated alkanes) is 49. The molecule has 0 fully saturated rings. The lowest BCUT2D eigenvalue weighted by Gasteiger charge is -2.25. The fourth-order valence-corrected chi connectivity index (χ4v) is 11.7. The summed E-state index contributed by atoms with van der Waals surface area (Å²) < 4.78 is 23.1. The molecule has 9 nitrogen and oxygen atoms in total. The maximum absolute atomic E-state index is 13.0. The number of allylic oxidation sites excluding steroid dienone is 10. The summed E-state index contributed by atoms with van der Waals surface area (Å²) in [6, 6.07) is 0. The van der Waals surface area contributed by atoms with E-state index in [4.69, 9.17) is 18.9 Å². The van der Waals surface area contributed by atoms with Crippen LogP contribution in [0.4, 0.5) is 0 Å². The molecule has 0 saturated heterocycles. The SMILES string of the molecule is CCCCCCC/C=C\C/C=C\C/C=C\CCCCCCCCCCCCCCCCCCCCCCCCC(=O)OC(COC(=O)CCCCCCCCCCCCCCCCCCC/C=C\C/C=C\CCCCCCC)COC(OCC[N+](C)(C)C)C(=O)O. The van der Waals surface area contributed by atoms with Crippen molar-refractivity contribution in [3.05, 3.63) is 60.8 Å². The molecule has 0 amide bonds. The molecule has 0 radical (unpaired) electrons. The fourth-order valence-electron chi connectivity index (χ4n) is 11.7. The second kappa shape index (κ2) is 72.8. The van der Waals surface area contributed by atoms with Crippen LogP contribution in [0.3, 0.4) is 0 Å². The maximum atomic E-state index is 13.0. The summed E-state index contributed by atoms with van der Waals surface area (Å²) in [7, 11) is 5.99. The van der Waals surface area contributed by atoms with Crippen molar-refractivity contribution in [1.29, 1.82) is 0 Å². The van der Waals surface area contributed by atoms with Crippen molar-refractivity contribution in [2.24, 2.45) is 0 Å². The van der Waals surface area contributed by atoms with E-state index in [0.29, 0.717) is 17.4 Å². The number of esters is 2. The summed E-state index contributed by atoms with van der Waals surface area (Å²) in [6.07, 6.45) is 93.7. The standard InChI is InChI=1S/C82H151NO8/c1-6-8-10-12-14-16-18-20-22-24-26-28-30-32-34-36-37-38-39-40-41-42-43-45-47-49-51-53-55-57-59-61-63-65-67-69-71-73-80(85)91-78(77-90-82(81(86)87)88-75-74-83(3,4)5)76-89-79(84)72-70-68-66-64-62-60-58-56-54-52-50-48-46-44-35-33-31-29-27-25-23-21-19-17-15-13-11-9-7-2/h18-21,24-27,30,32,78,82H,6-17,22-23,28-29,31,33-77H2,1-5H3/p+1/b20-18-,21-19-,26-24-,27-25-,32-30-. The van der Waals surface area contributed by atoms with Crippen LogP contribution in [-0.4, -0.2) is 87.4 Å². The zero-order valence-electron chi connectivity index (χ0n) is 61.0. The van der Waals surface area contributed by atoms with Gasteiger partial charge in [-0.15, -0.1) is 0 Å². The van der Waals surface area contributed by atoms with Gasteiger partial charge in [-0.1, -0.05) is 351 Å². The van der Waals surface area contributed by atoms with E-state index in [9.17, 15) is 19.5 Å². The van der Waals surface area contributed by atoms with Crippen molar-refractivity contribution < 1.29 is 42.9 Å². The Morgan fingerprint density at radius 1 is 0.330 bits per heavy atom. The molecule has 0 bridgehead atoms. The summed E-state index contributed by atoms with van der Waals surface area (Å²) in [4.78, 5) is 37.7. The Labute approximate surface area is 565 Å². The monoisotopic (exact) mass is 1280 g/mol. The van der Waals surface area contributed by atoms with Gasteiger partial charge in [0.2, 0.25) is 0 Å². The zero-order valence-corrected chi connectivity index (χ0v) is 61.0. The van der Waals surface area contributed by atoms with Crippen LogP contribution >= 0.6 is 0 Å². The summed E-state index contributed by atoms with van der Waals surface area (Å²) in [6.45, 7) is 4.92. The van der Waals surface area contributed by atoms with Gasteiger partial charge in [-0.25, -0.2) is 4.79 Å². The van der Waals surface area contributed by atoms with E-state index in [2.05, 4.69) is 74.6 Å². The molecule has 0 aliphatic rings. The number of nitrogens with zero attached hydrogens (tertiary/aromatic N) is 1. The van der Waals surface area contributed by atoms with Crippen molar-refractivity contribution in [3.63, 3.8) is 0 Å². The fraction of sp³-hybridized carbons (Fsp3) is 0.841. The van der Waals surface area contributed by atoms with Gasteiger partial charge in [-0.3, -0.25) is 9.59 Å². The Kier molecular flexibility index (Phi) is 70.4. The average molecular weight is 1280 g/mol. The number of rotatable bonds is 74. The second-order valence-corrected chi connectivity index (χ2v) is 28.0. The molecule has 0 aromatic heterocycles. The minimum atomic E-state index is -1.51. The summed E-state index contributed by atoms with van der Waals surface area (Å²) >= 11 is 0. The van der Waals surface area contributed by atoms with Gasteiger partial charge in [-0.2, -0.15) is 0 Å². The van der Waals surface area contributed by atoms with Crippen molar-refractivity contribution in [1.82, 2.24) is 0 Å². The summed E-state index contributed by atoms with van der Waals surface area (Å²) in [5, 5.41) is 9.77. The first kappa shape index (κ1) is 88.0. The number of likely N-dealkylation sites (N-methyl/N-ethyl adjacent to an activating group) is 1. The molecule has 9 heteroatoms. The number of quaternary nitrogens is 1. The molecule has 0 rings (SSSR count). The van der Waals surface area contributed by atoms with E-state index < -0.39 is 18.4 Å². The average Bonchev–Trinajstić information content (AvgIpc) is 3.50. The minimum Gasteiger partial charge on any atom is -0.477 e. The van der Waals surface area contributed by atoms with Crippen LogP contribution in [0.15, 0.2) is 60.8 Å². The summed E-state index contributed by atoms with van der Waals surface area (Å²) in [5.74, 6) is -1.98. The van der Waals surface area contributed by atoms with Crippen LogP contribution in [0.2, 0.25) is 0 Å². The number of ether oxygens (including phenoxy) is 4. The number of hydrogen-bond donors (Lipinski definition) is 1. The first-order valence-electron chi connectivity index (χ1n) is 39.5. The van der Waals surface area contributed by atoms with E-state index in [0.717, 1.165) is 57.8 Å². The highest BCUT2D eigenvalue weighted by atomic mass is 16.7. The van der Waals surface area contributed by atoms with Crippen LogP contribution in [0.5, 0.6) is 0 Å². The second-order valence-electron chi connectivity index (χ2n) is 28.0. The quantitative estimate of drug-likeness (QED) is 0.0211. The van der Waals surface area contributed by atoms with Crippen molar-refractivity contribution >= 4 is 17.9 Å². The maximum Gasteiger partial charge on any atom is 0.361 e. The van der Waals surface area contributed by atoms with Crippen LogP contribution in [-0.2, 0) is 33.3 Å². The number of aliphatic carboxylic acids is 1. The number of carbonyl (C=O) groups excluding carboxylic acids is 2. The van der Waals surface area contributed by atoms with Crippen LogP contribution in [0.1, 0.15) is 386 Å². The highest BCUT2D eigenvalue weighted by Gasteiger charge is 2.25. The Morgan fingerprint density at radius 2 is 0.593 bits per heavy atom. The number of carboxylic acid groups (broad SMARTS) is 1. The Bertz CT molecular complexity index is 1680. The largest absolute Gasteiger partial charge is 0.477 e. The number of carboxylic acids is 1. The third kappa shape index (κ3) is 74.3. The molecular weight excluding hydrogens is 1130 g/mol. The van der Waals surface area contributed by atoms with E-state index in [-0.39, 0.29) is 38.2 Å². The van der Waals surface area contributed by atoms with Gasteiger partial charge in [0.25, 0.3) is 6.29 Å². The summed E-state index contributed by atoms with van der Waals surface area (Å²) in [5.41, 5.74) is 0. The lowest BCUT2D eigenvalue weighted by atomic mass is 10.0. The topological polar surface area (TPSA) is 108 Å². The molecule has 0 spiro atoms. The van der Waals surface area contributed by atoms with Gasteiger partial charge in [0.15, 0.2) is 6.10 Å². The highest BCUT2D eigenvalue weighted by molar-refractivity contribution is 5.71. The first-order chi connectivity index (χ1) is 44.6. The highest BCUT2D eigenvalue weighted by Crippen LogP contribution is 2.19. The van der Waals surface area contributed by atoms with E-state index in [1.54, 1.807) is 0 Å². The minimum absolute atomic E-state index is 0.178. The third-order valence-corrected chi connectivity index (χ3v) is 17.7. The molecule has 0 aliphatic carbocycles. The molecular formula is C82H152NO8+. The van der Waals surface area contributed by atoms with Gasteiger partial charge in [0.05, 0.1) is 34.4 Å². The lowest BCUT2D eigenvalue weighted by molar-refractivity contribution is -0.870. The predicted molar refractivity (Wildman–Crippen MR) is 392 cm³/mol. The molecule has 532 valence electrons. The van der Waals surface area contributed by atoms with Gasteiger partial charge >= 0.3 is 17.9 Å². The molecule has 0 aromatic carbocycles. The van der Waals surface area contributed by atoms with Gasteiger partial charge in [0, 0.05) is 12.8 Å². The third-order valence-electron chi connectivity index (χ3n) is 17.7. The van der Waals surface area contributed by atoms with E-state index in [1.165, 1.54) is 302 Å². The molecule has 0 heterocycles. The molecule has 2 atom stereocenters. The molecule has 2 unspecified atom stereocenters. The van der Waals surface area contributed by atoms with Crippen molar-refractivity contribution in [2.75, 3.05) is 47.5 Å². The van der Waals surface area contributed by atoms with Crippen LogP contribution in [0, 0.1) is 0 Å². The Balaban J connectivity index is 3.99. The molecule has 1 N–H and O–H groups in total. The molecule has 0 aliphatic heterocycles. The van der Waals surface area contributed by atoms with Crippen LogP contribution < -0.4 is 0 Å². The Hall–Kier alpha value is -3.01. The van der Waals surface area contributed by atoms with Gasteiger partial charge in [-0.05, 0) is 83.5 Å². The first-order valence-corrected chi connectivity index (χ1v) is 39.5. The Morgan fingerprint density at radius 3 is 0.879 bits per heavy atom. The van der Waals surface area contributed by atoms with Gasteiger partial charge < -0.3 is 28.5 Å². The number of carbonyl (C=O) groups is 3. The lowest BCUT2D eigenvalue weighted by Crippen LogP contribution is -2.40. The predicted octanol–water partition coefficient (Wildman–Crippen LogP) is 25.0. The van der Waals surface area contributed by atoms with Crippen molar-refractivity contribution in [2.45, 2.75) is 399 Å². The molecule has 0 aromatic rings. The number of hydrogen-bond acceptors (Lipinski definition) is 7. The normalized spacial score (nSPS) is 12.9. The van der Waals surface area contributed by atoms with E-state index in [1.807, 2.05) is 21.1 Å². The van der Waals surface area contributed by atoms with E-state index >= 15 is 0 Å². The zero-order chi connectivity index (χ0) is 66.1. The van der Waals surface area contributed by atoms with Crippen molar-refractivity contribution in [3.8, 4) is 0 Å².